The number of nitrogens with zero attached hydrogens (tertiary/aromatic N) is 1. The highest BCUT2D eigenvalue weighted by molar-refractivity contribution is 5.75. The molecule has 7 heteroatoms. The van der Waals surface area contributed by atoms with E-state index in [1.54, 1.807) is 13.8 Å². The first-order valence-corrected chi connectivity index (χ1v) is 8.48. The average Bonchev–Trinajstić information content (AvgIpc) is 2.54. The Morgan fingerprint density at radius 3 is 2.88 bits per heavy atom. The third kappa shape index (κ3) is 6.06. The van der Waals surface area contributed by atoms with E-state index >= 15 is 0 Å². The van der Waals surface area contributed by atoms with Crippen molar-refractivity contribution in [2.75, 3.05) is 25.0 Å². The van der Waals surface area contributed by atoms with Gasteiger partial charge in [-0.3, -0.25) is 4.79 Å². The van der Waals surface area contributed by atoms with Crippen LogP contribution in [-0.4, -0.2) is 42.7 Å². The fraction of sp³-hybridized carbons (Fsp3) is 0.588. The Labute approximate surface area is 142 Å². The summed E-state index contributed by atoms with van der Waals surface area (Å²) in [5.41, 5.74) is 2.20. The molecule has 0 bridgehead atoms. The van der Waals surface area contributed by atoms with Crippen molar-refractivity contribution < 1.29 is 14.3 Å². The standard InChI is InChI=1S/C17H26N4O3/c1-12(2)24-15(22)8-11-20-17(23)19-10-7-14-6-5-13-4-3-9-18-16(13)21-14/h5-6,12H,3-4,7-11H2,1-2H3,(H,18,21)(H2,19,20,23). The lowest BCUT2D eigenvalue weighted by atomic mass is 10.1. The molecule has 0 radical (unpaired) electrons. The minimum Gasteiger partial charge on any atom is -0.463 e. The lowest BCUT2D eigenvalue weighted by molar-refractivity contribution is -0.147. The summed E-state index contributed by atoms with van der Waals surface area (Å²) in [5.74, 6) is 0.655. The molecule has 1 aromatic heterocycles. The predicted molar refractivity (Wildman–Crippen MR) is 92.0 cm³/mol. The van der Waals surface area contributed by atoms with E-state index in [4.69, 9.17) is 4.74 Å². The monoisotopic (exact) mass is 334 g/mol. The Kier molecular flexibility index (Phi) is 6.84. The van der Waals surface area contributed by atoms with Gasteiger partial charge in [-0.1, -0.05) is 6.07 Å². The van der Waals surface area contributed by atoms with Gasteiger partial charge >= 0.3 is 12.0 Å². The van der Waals surface area contributed by atoms with Crippen molar-refractivity contribution in [1.29, 1.82) is 0 Å². The van der Waals surface area contributed by atoms with Crippen molar-refractivity contribution in [2.45, 2.75) is 45.6 Å². The molecule has 0 unspecified atom stereocenters. The summed E-state index contributed by atoms with van der Waals surface area (Å²) < 4.78 is 4.99. The maximum absolute atomic E-state index is 11.7. The molecule has 7 nitrogen and oxygen atoms in total. The van der Waals surface area contributed by atoms with Crippen LogP contribution in [0.25, 0.3) is 0 Å². The van der Waals surface area contributed by atoms with Gasteiger partial charge in [0.1, 0.15) is 5.82 Å². The Bertz CT molecular complexity index is 575. The van der Waals surface area contributed by atoms with Crippen molar-refractivity contribution in [3.63, 3.8) is 0 Å². The smallest absolute Gasteiger partial charge is 0.314 e. The second-order valence-electron chi connectivity index (χ2n) is 6.06. The Hall–Kier alpha value is -2.31. The van der Waals surface area contributed by atoms with Gasteiger partial charge in [-0.2, -0.15) is 0 Å². The van der Waals surface area contributed by atoms with E-state index in [1.165, 1.54) is 5.56 Å². The van der Waals surface area contributed by atoms with Crippen LogP contribution >= 0.6 is 0 Å². The Balaban J connectivity index is 1.63. The van der Waals surface area contributed by atoms with Gasteiger partial charge in [0.05, 0.1) is 12.5 Å². The third-order valence-electron chi connectivity index (χ3n) is 3.60. The SMILES string of the molecule is CC(C)OC(=O)CCNC(=O)NCCc1ccc2c(n1)NCCC2. The molecule has 0 aromatic carbocycles. The number of esters is 1. The lowest BCUT2D eigenvalue weighted by Gasteiger charge is -2.17. The Morgan fingerprint density at radius 2 is 2.08 bits per heavy atom. The number of anilines is 1. The maximum atomic E-state index is 11.7. The number of ether oxygens (including phenoxy) is 1. The molecule has 132 valence electrons. The maximum Gasteiger partial charge on any atom is 0.314 e. The van der Waals surface area contributed by atoms with Crippen molar-refractivity contribution in [3.8, 4) is 0 Å². The molecule has 2 rings (SSSR count). The fourth-order valence-electron chi connectivity index (χ4n) is 2.47. The topological polar surface area (TPSA) is 92.3 Å². The number of pyridine rings is 1. The van der Waals surface area contributed by atoms with Crippen LogP contribution in [0.15, 0.2) is 12.1 Å². The molecular formula is C17H26N4O3. The number of hydrogen-bond acceptors (Lipinski definition) is 5. The molecule has 0 saturated carbocycles. The molecular weight excluding hydrogens is 308 g/mol. The lowest BCUT2D eigenvalue weighted by Crippen LogP contribution is -2.37. The van der Waals surface area contributed by atoms with Crippen LogP contribution < -0.4 is 16.0 Å². The second kappa shape index (κ2) is 9.10. The average molecular weight is 334 g/mol. The quantitative estimate of drug-likeness (QED) is 0.659. The summed E-state index contributed by atoms with van der Waals surface area (Å²) in [6, 6.07) is 3.82. The number of rotatable bonds is 7. The van der Waals surface area contributed by atoms with E-state index in [0.29, 0.717) is 13.0 Å². The van der Waals surface area contributed by atoms with Gasteiger partial charge in [-0.05, 0) is 38.3 Å². The number of fused-ring (bicyclic) bond motifs is 1. The molecule has 0 atom stereocenters. The number of amides is 2. The van der Waals surface area contributed by atoms with E-state index in [2.05, 4.69) is 27.0 Å². The highest BCUT2D eigenvalue weighted by Crippen LogP contribution is 2.19. The van der Waals surface area contributed by atoms with Gasteiger partial charge in [-0.25, -0.2) is 9.78 Å². The molecule has 1 aromatic rings. The summed E-state index contributed by atoms with van der Waals surface area (Å²) in [6.07, 6.45) is 2.90. The molecule has 3 N–H and O–H groups in total. The minimum absolute atomic E-state index is 0.134. The van der Waals surface area contributed by atoms with Crippen molar-refractivity contribution in [3.05, 3.63) is 23.4 Å². The van der Waals surface area contributed by atoms with Gasteiger partial charge in [0.2, 0.25) is 0 Å². The first-order chi connectivity index (χ1) is 11.5. The minimum atomic E-state index is -0.309. The van der Waals surface area contributed by atoms with Gasteiger partial charge in [0.25, 0.3) is 0 Å². The summed E-state index contributed by atoms with van der Waals surface area (Å²) >= 11 is 0. The van der Waals surface area contributed by atoms with Crippen LogP contribution in [0.3, 0.4) is 0 Å². The van der Waals surface area contributed by atoms with Crippen LogP contribution in [0.5, 0.6) is 0 Å². The van der Waals surface area contributed by atoms with Crippen LogP contribution in [0, 0.1) is 0 Å². The summed E-state index contributed by atoms with van der Waals surface area (Å²) in [7, 11) is 0. The number of hydrogen-bond donors (Lipinski definition) is 3. The van der Waals surface area contributed by atoms with Crippen LogP contribution in [0.1, 0.15) is 37.9 Å². The number of nitrogens with one attached hydrogen (secondary N) is 3. The van der Waals surface area contributed by atoms with Crippen molar-refractivity contribution in [2.24, 2.45) is 0 Å². The second-order valence-corrected chi connectivity index (χ2v) is 6.06. The molecule has 0 saturated heterocycles. The molecule has 1 aliphatic heterocycles. The van der Waals surface area contributed by atoms with Gasteiger partial charge < -0.3 is 20.7 Å². The zero-order valence-corrected chi connectivity index (χ0v) is 14.4. The molecule has 24 heavy (non-hydrogen) atoms. The molecule has 2 heterocycles. The summed E-state index contributed by atoms with van der Waals surface area (Å²) in [5, 5.41) is 8.70. The zero-order chi connectivity index (χ0) is 17.4. The molecule has 1 aliphatic rings. The van der Waals surface area contributed by atoms with E-state index in [9.17, 15) is 9.59 Å². The fourth-order valence-corrected chi connectivity index (χ4v) is 2.47. The van der Waals surface area contributed by atoms with Crippen LogP contribution in [-0.2, 0) is 22.4 Å². The van der Waals surface area contributed by atoms with Crippen LogP contribution in [0.4, 0.5) is 10.6 Å². The normalized spacial score (nSPS) is 13.0. The molecule has 0 spiro atoms. The van der Waals surface area contributed by atoms with Crippen molar-refractivity contribution >= 4 is 17.8 Å². The predicted octanol–water partition coefficient (Wildman–Crippen LogP) is 1.62. The number of carbonyl (C=O) groups is 2. The third-order valence-corrected chi connectivity index (χ3v) is 3.60. The summed E-state index contributed by atoms with van der Waals surface area (Å²) in [6.45, 7) is 5.31. The molecule has 0 fully saturated rings. The van der Waals surface area contributed by atoms with Gasteiger partial charge in [0, 0.05) is 31.7 Å². The van der Waals surface area contributed by atoms with E-state index in [0.717, 1.165) is 30.9 Å². The first-order valence-electron chi connectivity index (χ1n) is 8.48. The largest absolute Gasteiger partial charge is 0.463 e. The molecule has 0 aliphatic carbocycles. The summed E-state index contributed by atoms with van der Waals surface area (Å²) in [4.78, 5) is 27.6. The van der Waals surface area contributed by atoms with Crippen molar-refractivity contribution in [1.82, 2.24) is 15.6 Å². The zero-order valence-electron chi connectivity index (χ0n) is 14.4. The number of aryl methyl sites for hydroxylation is 1. The van der Waals surface area contributed by atoms with E-state index < -0.39 is 0 Å². The number of carbonyl (C=O) groups excluding carboxylic acids is 2. The van der Waals surface area contributed by atoms with E-state index in [-0.39, 0.29) is 31.1 Å². The van der Waals surface area contributed by atoms with Crippen LogP contribution in [0.2, 0.25) is 0 Å². The van der Waals surface area contributed by atoms with E-state index in [1.807, 2.05) is 6.07 Å². The number of urea groups is 1. The highest BCUT2D eigenvalue weighted by Gasteiger charge is 2.10. The number of aromatic nitrogens is 1. The Morgan fingerprint density at radius 1 is 1.29 bits per heavy atom. The highest BCUT2D eigenvalue weighted by atomic mass is 16.5. The first kappa shape index (κ1) is 18.0. The molecule has 2 amide bonds. The van der Waals surface area contributed by atoms with Gasteiger partial charge in [0.15, 0.2) is 0 Å². The van der Waals surface area contributed by atoms with Gasteiger partial charge in [-0.15, -0.1) is 0 Å².